The molecule has 3 atom stereocenters. The zero-order valence-corrected chi connectivity index (χ0v) is 35.1. The highest BCUT2D eigenvalue weighted by Crippen LogP contribution is 2.36. The number of piperazine rings is 1. The number of imidazole rings is 1. The van der Waals surface area contributed by atoms with Gasteiger partial charge in [-0.1, -0.05) is 17.9 Å². The first-order valence-electron chi connectivity index (χ1n) is 22.0. The zero-order chi connectivity index (χ0) is 43.4. The minimum Gasteiger partial charge on any atom is -0.374 e. The number of morpholine rings is 1. The molecule has 2 N–H and O–H groups in total. The van der Waals surface area contributed by atoms with Crippen LogP contribution in [0.25, 0.3) is 16.7 Å². The number of imide groups is 1. The van der Waals surface area contributed by atoms with Crippen molar-refractivity contribution < 1.29 is 27.9 Å². The summed E-state index contributed by atoms with van der Waals surface area (Å²) in [5.41, 5.74) is 1.86. The Hall–Kier alpha value is -5.97. The maximum absolute atomic E-state index is 14.3. The predicted octanol–water partition coefficient (Wildman–Crippen LogP) is 3.61. The van der Waals surface area contributed by atoms with Gasteiger partial charge in [-0.25, -0.2) is 23.1 Å². The van der Waals surface area contributed by atoms with Crippen LogP contribution in [0.15, 0.2) is 47.7 Å². The van der Waals surface area contributed by atoms with Gasteiger partial charge in [-0.2, -0.15) is 10.2 Å². The number of rotatable bonds is 10. The highest BCUT2D eigenvalue weighted by Gasteiger charge is 2.40. The molecule has 330 valence electrons. The van der Waals surface area contributed by atoms with E-state index in [0.29, 0.717) is 42.3 Å². The summed E-state index contributed by atoms with van der Waals surface area (Å²) >= 11 is 0. The SMILES string of the molecule is CCn1c(=O)n(C2CCC(=O)NC2=O)c2cccc(C#CCN3CCN(CC4CCC(n5cc(NC(=O)c6cnn7ccc(N8C[C@H]9C[C@@H]8CO9)nc67)c(C(F)F)n5)CC4)CC3)c21. The van der Waals surface area contributed by atoms with Crippen LogP contribution in [-0.4, -0.2) is 126 Å². The van der Waals surface area contributed by atoms with E-state index in [1.54, 1.807) is 21.6 Å². The van der Waals surface area contributed by atoms with Gasteiger partial charge in [-0.15, -0.1) is 0 Å². The molecule has 1 aromatic carbocycles. The predicted molar refractivity (Wildman–Crippen MR) is 228 cm³/mol. The van der Waals surface area contributed by atoms with Crippen molar-refractivity contribution in [1.29, 1.82) is 0 Å². The van der Waals surface area contributed by atoms with Crippen LogP contribution in [0.4, 0.5) is 20.3 Å². The van der Waals surface area contributed by atoms with E-state index in [4.69, 9.17) is 9.72 Å². The number of hydrogen-bond donors (Lipinski definition) is 2. The number of nitrogens with zero attached hydrogens (tertiary/aromatic N) is 10. The number of anilines is 2. The summed E-state index contributed by atoms with van der Waals surface area (Å²) in [6.45, 7) is 8.82. The number of ether oxygens (including phenoxy) is 1. The number of benzene rings is 1. The Bertz CT molecular complexity index is 2700. The number of carbonyl (C=O) groups is 3. The van der Waals surface area contributed by atoms with E-state index < -0.39 is 30.0 Å². The Morgan fingerprint density at radius 2 is 1.84 bits per heavy atom. The summed E-state index contributed by atoms with van der Waals surface area (Å²) in [5, 5.41) is 13.6. The van der Waals surface area contributed by atoms with Crippen LogP contribution in [0.3, 0.4) is 0 Å². The molecule has 5 aliphatic rings. The lowest BCUT2D eigenvalue weighted by molar-refractivity contribution is -0.135. The number of para-hydroxylation sites is 1. The van der Waals surface area contributed by atoms with Crippen LogP contribution in [0.2, 0.25) is 0 Å². The molecule has 63 heavy (non-hydrogen) atoms. The van der Waals surface area contributed by atoms with Gasteiger partial charge in [0.05, 0.1) is 59.8 Å². The summed E-state index contributed by atoms with van der Waals surface area (Å²) in [7, 11) is 0. The van der Waals surface area contributed by atoms with Crippen LogP contribution in [-0.2, 0) is 20.9 Å². The third-order valence-corrected chi connectivity index (χ3v) is 13.5. The molecule has 4 saturated heterocycles. The third-order valence-electron chi connectivity index (χ3n) is 13.5. The number of nitrogens with one attached hydrogen (secondary N) is 2. The van der Waals surface area contributed by atoms with Gasteiger partial charge in [0.1, 0.15) is 17.4 Å². The molecule has 1 unspecified atom stereocenters. The molecular weight excluding hydrogens is 815 g/mol. The van der Waals surface area contributed by atoms with Crippen molar-refractivity contribution in [3.8, 4) is 11.8 Å². The average molecular weight is 865 g/mol. The number of aryl methyl sites for hydroxylation is 1. The second kappa shape index (κ2) is 17.0. The molecule has 17 nitrogen and oxygen atoms in total. The van der Waals surface area contributed by atoms with E-state index in [1.807, 2.05) is 31.2 Å². The van der Waals surface area contributed by atoms with Crippen LogP contribution in [0, 0.1) is 17.8 Å². The third kappa shape index (κ3) is 7.88. The fourth-order valence-electron chi connectivity index (χ4n) is 10.2. The molecule has 0 spiro atoms. The number of halogens is 2. The van der Waals surface area contributed by atoms with Gasteiger partial charge in [-0.3, -0.25) is 38.4 Å². The van der Waals surface area contributed by atoms with Gasteiger partial charge in [0.25, 0.3) is 12.3 Å². The molecule has 4 aliphatic heterocycles. The maximum Gasteiger partial charge on any atom is 0.329 e. The lowest BCUT2D eigenvalue weighted by Gasteiger charge is -2.37. The number of fused-ring (bicyclic) bond motifs is 4. The largest absolute Gasteiger partial charge is 0.374 e. The van der Waals surface area contributed by atoms with Crippen molar-refractivity contribution in [3.63, 3.8) is 0 Å². The molecule has 1 saturated carbocycles. The number of carbonyl (C=O) groups excluding carboxylic acids is 3. The van der Waals surface area contributed by atoms with E-state index in [9.17, 15) is 28.0 Å². The second-order valence-corrected chi connectivity index (χ2v) is 17.4. The second-order valence-electron chi connectivity index (χ2n) is 17.4. The van der Waals surface area contributed by atoms with Crippen molar-refractivity contribution in [3.05, 3.63) is 70.2 Å². The summed E-state index contributed by atoms with van der Waals surface area (Å²) in [6, 6.07) is 6.88. The molecule has 8 heterocycles. The van der Waals surface area contributed by atoms with Crippen molar-refractivity contribution in [2.75, 3.05) is 62.6 Å². The maximum atomic E-state index is 14.3. The highest BCUT2D eigenvalue weighted by molar-refractivity contribution is 6.08. The molecule has 10 rings (SSSR count). The first-order valence-corrected chi connectivity index (χ1v) is 22.0. The van der Waals surface area contributed by atoms with Crippen molar-refractivity contribution in [2.45, 2.75) is 89.1 Å². The van der Waals surface area contributed by atoms with Gasteiger partial charge < -0.3 is 19.9 Å². The van der Waals surface area contributed by atoms with Gasteiger partial charge in [0.2, 0.25) is 11.8 Å². The molecule has 1 aliphatic carbocycles. The summed E-state index contributed by atoms with van der Waals surface area (Å²) in [4.78, 5) is 63.3. The van der Waals surface area contributed by atoms with Crippen LogP contribution < -0.4 is 21.2 Å². The molecule has 4 aromatic heterocycles. The Balaban J connectivity index is 0.723. The normalized spacial score (nSPS) is 24.4. The van der Waals surface area contributed by atoms with Gasteiger partial charge in [0, 0.05) is 64.6 Å². The molecule has 5 fully saturated rings. The zero-order valence-electron chi connectivity index (χ0n) is 35.1. The number of hydrogen-bond acceptors (Lipinski definition) is 11. The molecule has 2 bridgehead atoms. The molecule has 19 heteroatoms. The van der Waals surface area contributed by atoms with E-state index >= 15 is 0 Å². The van der Waals surface area contributed by atoms with E-state index in [0.717, 1.165) is 82.8 Å². The highest BCUT2D eigenvalue weighted by atomic mass is 19.3. The monoisotopic (exact) mass is 864 g/mol. The Morgan fingerprint density at radius 3 is 2.57 bits per heavy atom. The average Bonchev–Trinajstić information content (AvgIpc) is 4.13. The van der Waals surface area contributed by atoms with Gasteiger partial charge >= 0.3 is 5.69 Å². The lowest BCUT2D eigenvalue weighted by atomic mass is 9.85. The molecule has 3 amide bonds. The van der Waals surface area contributed by atoms with E-state index in [2.05, 4.69) is 47.4 Å². The molecular formula is C44H50F2N12O5. The number of amides is 3. The van der Waals surface area contributed by atoms with Crippen molar-refractivity contribution >= 4 is 45.9 Å². The fraction of sp³-hybridized carbons (Fsp3) is 0.523. The Kier molecular flexibility index (Phi) is 11.1. The number of piperidine rings is 1. The van der Waals surface area contributed by atoms with Crippen LogP contribution in [0.1, 0.15) is 92.0 Å². The first kappa shape index (κ1) is 41.1. The Morgan fingerprint density at radius 1 is 1.03 bits per heavy atom. The fourth-order valence-corrected chi connectivity index (χ4v) is 10.2. The van der Waals surface area contributed by atoms with Crippen molar-refractivity contribution in [1.82, 2.24) is 48.6 Å². The topological polar surface area (TPSA) is 169 Å². The minimum atomic E-state index is -2.86. The van der Waals surface area contributed by atoms with E-state index in [1.165, 1.54) is 15.3 Å². The summed E-state index contributed by atoms with van der Waals surface area (Å²) in [6.07, 6.45) is 6.92. The quantitative estimate of drug-likeness (QED) is 0.156. The number of aromatic nitrogens is 7. The summed E-state index contributed by atoms with van der Waals surface area (Å²) in [5.74, 6) is 6.48. The molecule has 0 radical (unpaired) electrons. The smallest absolute Gasteiger partial charge is 0.329 e. The standard InChI is InChI=1S/C44H50F2N12O5/c1-2-54-39-28(5-3-7-34(39)58(44(54)62)35-12-13-37(59)50-43(35)61)6-4-15-52-17-19-53(20-18-52)23-27-8-10-29(11-9-27)57-25-33(38(51-57)40(45)46)48-42(60)32-22-47-56-16-14-36(49-41(32)56)55-24-31-21-30(55)26-63-31/h3,5,7,14,16,22,25,27,29-31,35,40H,2,8-13,15,17-21,23-24,26H2,1H3,(H,48,60)(H,50,59,61)/t27?,29?,30-,31-,35?/m1/s1. The van der Waals surface area contributed by atoms with Crippen LogP contribution >= 0.6 is 0 Å². The minimum absolute atomic E-state index is 0.00803. The van der Waals surface area contributed by atoms with Crippen molar-refractivity contribution in [2.24, 2.45) is 5.92 Å². The van der Waals surface area contributed by atoms with Crippen LogP contribution in [0.5, 0.6) is 0 Å². The lowest BCUT2D eigenvalue weighted by Crippen LogP contribution is -2.48. The molecule has 5 aromatic rings. The first-order chi connectivity index (χ1) is 30.6. The van der Waals surface area contributed by atoms with Gasteiger partial charge in [0.15, 0.2) is 11.3 Å². The van der Waals surface area contributed by atoms with Gasteiger partial charge in [-0.05, 0) is 69.6 Å². The Labute approximate surface area is 361 Å². The van der Waals surface area contributed by atoms with E-state index in [-0.39, 0.29) is 53.9 Å². The number of alkyl halides is 2. The summed E-state index contributed by atoms with van der Waals surface area (Å²) < 4.78 is 40.6.